The van der Waals surface area contributed by atoms with Gasteiger partial charge in [0.25, 0.3) is 0 Å². The van der Waals surface area contributed by atoms with Gasteiger partial charge in [-0.3, -0.25) is 4.79 Å². The molecule has 1 heterocycles. The minimum absolute atomic E-state index is 0.0537. The molecule has 0 spiro atoms. The van der Waals surface area contributed by atoms with E-state index in [9.17, 15) is 9.90 Å². The van der Waals surface area contributed by atoms with E-state index in [-0.39, 0.29) is 23.9 Å². The molecule has 6 nitrogen and oxygen atoms in total. The van der Waals surface area contributed by atoms with Crippen molar-refractivity contribution in [2.24, 2.45) is 0 Å². The molecular formula is C16H18N2O4. The van der Waals surface area contributed by atoms with Gasteiger partial charge in [-0.2, -0.15) is 0 Å². The highest BCUT2D eigenvalue weighted by Crippen LogP contribution is 2.28. The first-order chi connectivity index (χ1) is 10.6. The Balaban J connectivity index is 1.95. The number of carbonyl (C=O) groups is 1. The Morgan fingerprint density at radius 1 is 1.23 bits per heavy atom. The summed E-state index contributed by atoms with van der Waals surface area (Å²) >= 11 is 0. The average molecular weight is 302 g/mol. The molecule has 6 heteroatoms. The van der Waals surface area contributed by atoms with E-state index in [1.165, 1.54) is 12.3 Å². The fourth-order valence-electron chi connectivity index (χ4n) is 1.98. The van der Waals surface area contributed by atoms with Gasteiger partial charge >= 0.3 is 0 Å². The summed E-state index contributed by atoms with van der Waals surface area (Å²) in [5.41, 5.74) is 0.957. The van der Waals surface area contributed by atoms with Crippen LogP contribution in [0.5, 0.6) is 17.2 Å². The summed E-state index contributed by atoms with van der Waals surface area (Å²) in [5, 5.41) is 12.1. The van der Waals surface area contributed by atoms with Crippen molar-refractivity contribution < 1.29 is 19.4 Å². The summed E-state index contributed by atoms with van der Waals surface area (Å²) in [6.07, 6.45) is 2.31. The van der Waals surface area contributed by atoms with Crippen molar-refractivity contribution in [3.8, 4) is 17.2 Å². The van der Waals surface area contributed by atoms with Crippen LogP contribution in [0, 0.1) is 0 Å². The van der Waals surface area contributed by atoms with E-state index in [0.29, 0.717) is 17.9 Å². The molecule has 0 atom stereocenters. The number of nitrogens with zero attached hydrogens (tertiary/aromatic N) is 1. The number of aromatic hydroxyl groups is 1. The largest absolute Gasteiger partial charge is 0.504 e. The smallest absolute Gasteiger partial charge is 0.225 e. The lowest BCUT2D eigenvalue weighted by atomic mass is 10.1. The summed E-state index contributed by atoms with van der Waals surface area (Å²) in [5.74, 6) is 1.17. The van der Waals surface area contributed by atoms with Crippen LogP contribution in [0.25, 0.3) is 0 Å². The number of hydrogen-bond donors (Lipinski definition) is 2. The molecular weight excluding hydrogens is 284 g/mol. The Morgan fingerprint density at radius 2 is 2.00 bits per heavy atom. The van der Waals surface area contributed by atoms with Gasteiger partial charge in [-0.1, -0.05) is 6.07 Å². The van der Waals surface area contributed by atoms with E-state index in [2.05, 4.69) is 10.3 Å². The Kier molecular flexibility index (Phi) is 5.19. The zero-order valence-corrected chi connectivity index (χ0v) is 12.5. The summed E-state index contributed by atoms with van der Waals surface area (Å²) in [4.78, 5) is 15.8. The Morgan fingerprint density at radius 3 is 2.68 bits per heavy atom. The molecule has 0 aliphatic heterocycles. The van der Waals surface area contributed by atoms with Crippen LogP contribution >= 0.6 is 0 Å². The molecule has 0 saturated carbocycles. The highest BCUT2D eigenvalue weighted by molar-refractivity contribution is 5.91. The number of amides is 1. The predicted octanol–water partition coefficient (Wildman–Crippen LogP) is 2.38. The standard InChI is InChI=1S/C16H18N2O4/c1-21-13-7-5-11(10-14(13)22-2)6-8-15(20)18-16-12(19)4-3-9-17-16/h3-5,7,9-10,19H,6,8H2,1-2H3,(H,17,18,20). The highest BCUT2D eigenvalue weighted by Gasteiger charge is 2.09. The number of methoxy groups -OCH3 is 2. The molecule has 0 radical (unpaired) electrons. The van der Waals surface area contributed by atoms with Crippen molar-refractivity contribution in [3.63, 3.8) is 0 Å². The van der Waals surface area contributed by atoms with Crippen LogP contribution in [0.15, 0.2) is 36.5 Å². The van der Waals surface area contributed by atoms with Crippen LogP contribution < -0.4 is 14.8 Å². The quantitative estimate of drug-likeness (QED) is 0.856. The number of aromatic nitrogens is 1. The second-order valence-electron chi connectivity index (χ2n) is 4.61. The van der Waals surface area contributed by atoms with Gasteiger partial charge in [0, 0.05) is 12.6 Å². The third-order valence-electron chi connectivity index (χ3n) is 3.13. The monoisotopic (exact) mass is 302 g/mol. The minimum Gasteiger partial charge on any atom is -0.504 e. The van der Waals surface area contributed by atoms with E-state index in [1.807, 2.05) is 12.1 Å². The number of rotatable bonds is 6. The molecule has 0 aliphatic rings. The lowest BCUT2D eigenvalue weighted by molar-refractivity contribution is -0.116. The molecule has 0 unspecified atom stereocenters. The van der Waals surface area contributed by atoms with Crippen molar-refractivity contribution in [2.45, 2.75) is 12.8 Å². The van der Waals surface area contributed by atoms with Gasteiger partial charge in [0.1, 0.15) is 0 Å². The van der Waals surface area contributed by atoms with Gasteiger partial charge in [-0.25, -0.2) is 4.98 Å². The van der Waals surface area contributed by atoms with Gasteiger partial charge < -0.3 is 19.9 Å². The molecule has 0 bridgehead atoms. The first-order valence-electron chi connectivity index (χ1n) is 6.78. The third-order valence-corrected chi connectivity index (χ3v) is 3.13. The van der Waals surface area contributed by atoms with Crippen molar-refractivity contribution >= 4 is 11.7 Å². The molecule has 2 aromatic rings. The molecule has 116 valence electrons. The zero-order valence-electron chi connectivity index (χ0n) is 12.5. The second kappa shape index (κ2) is 7.31. The van der Waals surface area contributed by atoms with Gasteiger partial charge in [-0.05, 0) is 36.2 Å². The number of hydrogen-bond acceptors (Lipinski definition) is 5. The maximum atomic E-state index is 11.9. The maximum absolute atomic E-state index is 11.9. The molecule has 22 heavy (non-hydrogen) atoms. The first kappa shape index (κ1) is 15.6. The van der Waals surface area contributed by atoms with Crippen molar-refractivity contribution in [2.75, 3.05) is 19.5 Å². The van der Waals surface area contributed by atoms with Gasteiger partial charge in [0.05, 0.1) is 14.2 Å². The Labute approximate surface area is 128 Å². The number of ether oxygens (including phenoxy) is 2. The molecule has 2 N–H and O–H groups in total. The fourth-order valence-corrected chi connectivity index (χ4v) is 1.98. The van der Waals surface area contributed by atoms with Gasteiger partial charge in [0.2, 0.25) is 5.91 Å². The number of pyridine rings is 1. The van der Waals surface area contributed by atoms with Crippen molar-refractivity contribution in [1.29, 1.82) is 0 Å². The van der Waals surface area contributed by atoms with Gasteiger partial charge in [-0.15, -0.1) is 0 Å². The minimum atomic E-state index is -0.219. The lowest BCUT2D eigenvalue weighted by Crippen LogP contribution is -2.13. The van der Waals surface area contributed by atoms with Crippen LogP contribution in [-0.2, 0) is 11.2 Å². The number of carbonyl (C=O) groups excluding carboxylic acids is 1. The number of anilines is 1. The van der Waals surface area contributed by atoms with E-state index in [1.54, 1.807) is 26.4 Å². The van der Waals surface area contributed by atoms with Crippen LogP contribution in [0.4, 0.5) is 5.82 Å². The van der Waals surface area contributed by atoms with Crippen LogP contribution in [0.3, 0.4) is 0 Å². The number of nitrogens with one attached hydrogen (secondary N) is 1. The van der Waals surface area contributed by atoms with E-state index in [4.69, 9.17) is 9.47 Å². The van der Waals surface area contributed by atoms with Crippen molar-refractivity contribution in [3.05, 3.63) is 42.1 Å². The molecule has 1 amide bonds. The average Bonchev–Trinajstić information content (AvgIpc) is 2.54. The highest BCUT2D eigenvalue weighted by atomic mass is 16.5. The maximum Gasteiger partial charge on any atom is 0.225 e. The third kappa shape index (κ3) is 3.88. The second-order valence-corrected chi connectivity index (χ2v) is 4.61. The molecule has 2 rings (SSSR count). The summed E-state index contributed by atoms with van der Waals surface area (Å²) < 4.78 is 10.4. The van der Waals surface area contributed by atoms with E-state index >= 15 is 0 Å². The number of aryl methyl sites for hydroxylation is 1. The van der Waals surface area contributed by atoms with Crippen LogP contribution in [0.2, 0.25) is 0 Å². The SMILES string of the molecule is COc1ccc(CCC(=O)Nc2ncccc2O)cc1OC. The zero-order chi connectivity index (χ0) is 15.9. The normalized spacial score (nSPS) is 10.1. The fraction of sp³-hybridized carbons (Fsp3) is 0.250. The Bertz CT molecular complexity index is 658. The van der Waals surface area contributed by atoms with Crippen LogP contribution in [0.1, 0.15) is 12.0 Å². The van der Waals surface area contributed by atoms with Gasteiger partial charge in [0.15, 0.2) is 23.1 Å². The first-order valence-corrected chi connectivity index (χ1v) is 6.78. The molecule has 0 aliphatic carbocycles. The summed E-state index contributed by atoms with van der Waals surface area (Å²) in [6, 6.07) is 8.58. The number of benzene rings is 1. The van der Waals surface area contributed by atoms with Crippen molar-refractivity contribution in [1.82, 2.24) is 4.98 Å². The van der Waals surface area contributed by atoms with E-state index < -0.39 is 0 Å². The molecule has 1 aromatic heterocycles. The molecule has 1 aromatic carbocycles. The topological polar surface area (TPSA) is 80.7 Å². The Hall–Kier alpha value is -2.76. The molecule has 0 fully saturated rings. The van der Waals surface area contributed by atoms with Crippen LogP contribution in [-0.4, -0.2) is 30.2 Å². The summed E-state index contributed by atoms with van der Waals surface area (Å²) in [7, 11) is 3.14. The van der Waals surface area contributed by atoms with E-state index in [0.717, 1.165) is 5.56 Å². The molecule has 0 saturated heterocycles. The predicted molar refractivity (Wildman–Crippen MR) is 82.4 cm³/mol. The lowest BCUT2D eigenvalue weighted by Gasteiger charge is -2.10. The summed E-state index contributed by atoms with van der Waals surface area (Å²) in [6.45, 7) is 0.